The molecular weight excluding hydrogens is 262 g/mol. The Morgan fingerprint density at radius 1 is 1.31 bits per heavy atom. The van der Waals surface area contributed by atoms with Crippen molar-refractivity contribution in [2.24, 2.45) is 11.1 Å². The van der Waals surface area contributed by atoms with Crippen LogP contribution in [0.5, 0.6) is 0 Å². The van der Waals surface area contributed by atoms with E-state index in [0.29, 0.717) is 5.41 Å². The molecule has 1 saturated carbocycles. The SMILES string of the molecule is CC1(C(N)Cc2ccccc2Br)CCCC1. The average molecular weight is 282 g/mol. The lowest BCUT2D eigenvalue weighted by Gasteiger charge is -2.31. The summed E-state index contributed by atoms with van der Waals surface area (Å²) in [7, 11) is 0. The molecule has 2 N–H and O–H groups in total. The molecule has 1 fully saturated rings. The monoisotopic (exact) mass is 281 g/mol. The summed E-state index contributed by atoms with van der Waals surface area (Å²) in [5.41, 5.74) is 8.09. The van der Waals surface area contributed by atoms with Crippen molar-refractivity contribution >= 4 is 15.9 Å². The van der Waals surface area contributed by atoms with Crippen molar-refractivity contribution in [3.05, 3.63) is 34.3 Å². The van der Waals surface area contributed by atoms with Gasteiger partial charge >= 0.3 is 0 Å². The van der Waals surface area contributed by atoms with Crippen LogP contribution in [0.15, 0.2) is 28.7 Å². The van der Waals surface area contributed by atoms with Crippen LogP contribution in [0.3, 0.4) is 0 Å². The van der Waals surface area contributed by atoms with E-state index < -0.39 is 0 Å². The number of hydrogen-bond acceptors (Lipinski definition) is 1. The molecule has 1 aromatic carbocycles. The van der Waals surface area contributed by atoms with Crippen molar-refractivity contribution in [1.29, 1.82) is 0 Å². The quantitative estimate of drug-likeness (QED) is 0.894. The zero-order valence-electron chi connectivity index (χ0n) is 9.88. The van der Waals surface area contributed by atoms with Gasteiger partial charge in [-0.1, -0.05) is 53.9 Å². The zero-order valence-corrected chi connectivity index (χ0v) is 11.5. The highest BCUT2D eigenvalue weighted by Gasteiger charge is 2.34. The van der Waals surface area contributed by atoms with Crippen molar-refractivity contribution in [3.63, 3.8) is 0 Å². The van der Waals surface area contributed by atoms with Gasteiger partial charge in [0, 0.05) is 10.5 Å². The van der Waals surface area contributed by atoms with Gasteiger partial charge in [-0.3, -0.25) is 0 Å². The topological polar surface area (TPSA) is 26.0 Å². The Kier molecular flexibility index (Phi) is 3.70. The third-order valence-corrected chi connectivity index (χ3v) is 4.81. The molecule has 0 heterocycles. The largest absolute Gasteiger partial charge is 0.327 e. The van der Waals surface area contributed by atoms with E-state index in [2.05, 4.69) is 47.1 Å². The van der Waals surface area contributed by atoms with Crippen LogP contribution in [0.1, 0.15) is 38.2 Å². The molecule has 0 aromatic heterocycles. The first kappa shape index (κ1) is 12.1. The van der Waals surface area contributed by atoms with Crippen molar-refractivity contribution < 1.29 is 0 Å². The van der Waals surface area contributed by atoms with Crippen LogP contribution < -0.4 is 5.73 Å². The summed E-state index contributed by atoms with van der Waals surface area (Å²) >= 11 is 3.60. The van der Waals surface area contributed by atoms with Gasteiger partial charge in [0.1, 0.15) is 0 Å². The Bertz CT molecular complexity index is 356. The highest BCUT2D eigenvalue weighted by molar-refractivity contribution is 9.10. The van der Waals surface area contributed by atoms with Crippen LogP contribution in [0.25, 0.3) is 0 Å². The lowest BCUT2D eigenvalue weighted by Crippen LogP contribution is -2.39. The van der Waals surface area contributed by atoms with Crippen LogP contribution in [-0.4, -0.2) is 6.04 Å². The van der Waals surface area contributed by atoms with Gasteiger partial charge in [-0.25, -0.2) is 0 Å². The van der Waals surface area contributed by atoms with E-state index in [1.54, 1.807) is 0 Å². The molecule has 0 amide bonds. The van der Waals surface area contributed by atoms with Gasteiger partial charge in [-0.05, 0) is 36.3 Å². The molecule has 0 aliphatic heterocycles. The van der Waals surface area contributed by atoms with Gasteiger partial charge in [-0.2, -0.15) is 0 Å². The summed E-state index contributed by atoms with van der Waals surface area (Å²) in [5, 5.41) is 0. The maximum Gasteiger partial charge on any atom is 0.0207 e. The summed E-state index contributed by atoms with van der Waals surface area (Å²) in [5.74, 6) is 0. The highest BCUT2D eigenvalue weighted by atomic mass is 79.9. The van der Waals surface area contributed by atoms with Crippen molar-refractivity contribution in [3.8, 4) is 0 Å². The van der Waals surface area contributed by atoms with E-state index >= 15 is 0 Å². The Balaban J connectivity index is 2.07. The molecule has 1 nitrogen and oxygen atoms in total. The number of halogens is 1. The second-order valence-electron chi connectivity index (χ2n) is 5.26. The molecule has 0 spiro atoms. The van der Waals surface area contributed by atoms with Crippen LogP contribution in [0.4, 0.5) is 0 Å². The molecule has 0 saturated heterocycles. The molecule has 1 aliphatic rings. The van der Waals surface area contributed by atoms with E-state index in [-0.39, 0.29) is 6.04 Å². The first-order chi connectivity index (χ1) is 7.62. The molecule has 1 aliphatic carbocycles. The average Bonchev–Trinajstić information content (AvgIpc) is 2.70. The van der Waals surface area contributed by atoms with E-state index in [1.807, 2.05) is 0 Å². The van der Waals surface area contributed by atoms with Crippen molar-refractivity contribution in [2.45, 2.75) is 45.1 Å². The summed E-state index contributed by atoms with van der Waals surface area (Å²) in [4.78, 5) is 0. The van der Waals surface area contributed by atoms with Crippen LogP contribution in [0.2, 0.25) is 0 Å². The molecule has 2 heteroatoms. The Morgan fingerprint density at radius 3 is 2.56 bits per heavy atom. The number of rotatable bonds is 3. The van der Waals surface area contributed by atoms with Crippen molar-refractivity contribution in [2.75, 3.05) is 0 Å². The van der Waals surface area contributed by atoms with Crippen molar-refractivity contribution in [1.82, 2.24) is 0 Å². The zero-order chi connectivity index (χ0) is 11.6. The van der Waals surface area contributed by atoms with Crippen LogP contribution >= 0.6 is 15.9 Å². The smallest absolute Gasteiger partial charge is 0.0207 e. The summed E-state index contributed by atoms with van der Waals surface area (Å²) in [6.07, 6.45) is 6.26. The second kappa shape index (κ2) is 4.89. The minimum atomic E-state index is 0.286. The lowest BCUT2D eigenvalue weighted by molar-refractivity contribution is 0.260. The molecule has 0 radical (unpaired) electrons. The van der Waals surface area contributed by atoms with Gasteiger partial charge < -0.3 is 5.73 Å². The third kappa shape index (κ3) is 2.49. The fourth-order valence-corrected chi connectivity index (χ4v) is 3.15. The maximum absolute atomic E-state index is 6.39. The minimum absolute atomic E-state index is 0.286. The van der Waals surface area contributed by atoms with E-state index in [4.69, 9.17) is 5.73 Å². The van der Waals surface area contributed by atoms with Gasteiger partial charge in [0.05, 0.1) is 0 Å². The fraction of sp³-hybridized carbons (Fsp3) is 0.571. The van der Waals surface area contributed by atoms with Crippen LogP contribution in [-0.2, 0) is 6.42 Å². The summed E-state index contributed by atoms with van der Waals surface area (Å²) in [6.45, 7) is 2.35. The Morgan fingerprint density at radius 2 is 1.94 bits per heavy atom. The number of nitrogens with two attached hydrogens (primary N) is 1. The standard InChI is InChI=1S/C14H20BrN/c1-14(8-4-5-9-14)13(16)10-11-6-2-3-7-12(11)15/h2-3,6-7,13H,4-5,8-10,16H2,1H3. The fourth-order valence-electron chi connectivity index (χ4n) is 2.70. The molecule has 88 valence electrons. The number of benzene rings is 1. The molecule has 2 rings (SSSR count). The molecule has 0 bridgehead atoms. The first-order valence-electron chi connectivity index (χ1n) is 6.11. The van der Waals surface area contributed by atoms with E-state index in [1.165, 1.54) is 35.7 Å². The minimum Gasteiger partial charge on any atom is -0.327 e. The third-order valence-electron chi connectivity index (χ3n) is 4.04. The highest BCUT2D eigenvalue weighted by Crippen LogP contribution is 2.41. The predicted octanol–water partition coefficient (Wildman–Crippen LogP) is 3.90. The summed E-state index contributed by atoms with van der Waals surface area (Å²) in [6, 6.07) is 8.69. The molecule has 1 atom stereocenters. The second-order valence-corrected chi connectivity index (χ2v) is 6.12. The van der Waals surface area contributed by atoms with Gasteiger partial charge in [0.15, 0.2) is 0 Å². The first-order valence-corrected chi connectivity index (χ1v) is 6.90. The molecule has 1 unspecified atom stereocenters. The van der Waals surface area contributed by atoms with Crippen LogP contribution in [0, 0.1) is 5.41 Å². The lowest BCUT2D eigenvalue weighted by atomic mass is 9.78. The predicted molar refractivity (Wildman–Crippen MR) is 72.4 cm³/mol. The van der Waals surface area contributed by atoms with Gasteiger partial charge in [0.25, 0.3) is 0 Å². The Hall–Kier alpha value is -0.340. The van der Waals surface area contributed by atoms with Gasteiger partial charge in [0.2, 0.25) is 0 Å². The number of hydrogen-bond donors (Lipinski definition) is 1. The molecule has 1 aromatic rings. The van der Waals surface area contributed by atoms with E-state index in [9.17, 15) is 0 Å². The summed E-state index contributed by atoms with van der Waals surface area (Å²) < 4.78 is 1.19. The molecule has 16 heavy (non-hydrogen) atoms. The normalized spacial score (nSPS) is 20.9. The maximum atomic E-state index is 6.39. The Labute approximate surface area is 107 Å². The van der Waals surface area contributed by atoms with E-state index in [0.717, 1.165) is 6.42 Å². The molecular formula is C14H20BrN. The van der Waals surface area contributed by atoms with Gasteiger partial charge in [-0.15, -0.1) is 0 Å².